The zero-order valence-corrected chi connectivity index (χ0v) is 14.3. The number of aromatic nitrogens is 1. The van der Waals surface area contributed by atoms with Gasteiger partial charge in [-0.1, -0.05) is 41.9 Å². The van der Waals surface area contributed by atoms with Gasteiger partial charge in [-0.15, -0.1) is 11.3 Å². The Labute approximate surface area is 144 Å². The van der Waals surface area contributed by atoms with E-state index < -0.39 is 0 Å². The lowest BCUT2D eigenvalue weighted by molar-refractivity contribution is 0.102. The van der Waals surface area contributed by atoms with Crippen molar-refractivity contribution in [3.8, 4) is 11.3 Å². The van der Waals surface area contributed by atoms with E-state index in [1.807, 2.05) is 62.4 Å². The van der Waals surface area contributed by atoms with Crippen molar-refractivity contribution in [1.29, 1.82) is 0 Å². The van der Waals surface area contributed by atoms with E-state index in [4.69, 9.17) is 11.6 Å². The molecule has 0 bridgehead atoms. The molecule has 0 saturated heterocycles. The standard InChI is InChI=1S/C18H15ClN2OS/c1-11-5-3-4-6-15(11)17(22)21-18-20-16(12(2)23-18)13-7-9-14(19)10-8-13/h3-10H,1-2H3,(H,20,21,22). The van der Waals surface area contributed by atoms with Crippen molar-refractivity contribution in [3.05, 3.63) is 69.6 Å². The molecule has 23 heavy (non-hydrogen) atoms. The molecule has 0 aliphatic carbocycles. The first kappa shape index (κ1) is 15.7. The van der Waals surface area contributed by atoms with E-state index in [9.17, 15) is 4.79 Å². The number of rotatable bonds is 3. The van der Waals surface area contributed by atoms with Crippen LogP contribution in [0.5, 0.6) is 0 Å². The molecule has 0 fully saturated rings. The summed E-state index contributed by atoms with van der Waals surface area (Å²) in [7, 11) is 0. The van der Waals surface area contributed by atoms with Crippen molar-refractivity contribution < 1.29 is 4.79 Å². The van der Waals surface area contributed by atoms with Crippen LogP contribution in [0.4, 0.5) is 5.13 Å². The van der Waals surface area contributed by atoms with Crippen LogP contribution in [0.25, 0.3) is 11.3 Å². The molecule has 3 rings (SSSR count). The number of nitrogens with one attached hydrogen (secondary N) is 1. The molecular weight excluding hydrogens is 328 g/mol. The van der Waals surface area contributed by atoms with Crippen LogP contribution in [-0.2, 0) is 0 Å². The van der Waals surface area contributed by atoms with Gasteiger partial charge in [0.05, 0.1) is 5.69 Å². The number of anilines is 1. The molecule has 2 aromatic carbocycles. The maximum atomic E-state index is 12.4. The Kier molecular flexibility index (Phi) is 4.46. The summed E-state index contributed by atoms with van der Waals surface area (Å²) in [5.41, 5.74) is 3.45. The monoisotopic (exact) mass is 342 g/mol. The zero-order chi connectivity index (χ0) is 16.4. The van der Waals surface area contributed by atoms with Crippen LogP contribution in [0.3, 0.4) is 0 Å². The molecule has 0 saturated carbocycles. The molecule has 116 valence electrons. The fourth-order valence-electron chi connectivity index (χ4n) is 2.32. The second kappa shape index (κ2) is 6.52. The molecule has 3 aromatic rings. The van der Waals surface area contributed by atoms with Crippen LogP contribution >= 0.6 is 22.9 Å². The summed E-state index contributed by atoms with van der Waals surface area (Å²) in [6.45, 7) is 3.91. The number of nitrogens with zero attached hydrogens (tertiary/aromatic N) is 1. The molecule has 3 nitrogen and oxygen atoms in total. The van der Waals surface area contributed by atoms with Gasteiger partial charge in [0, 0.05) is 21.0 Å². The van der Waals surface area contributed by atoms with Gasteiger partial charge in [-0.05, 0) is 37.6 Å². The number of hydrogen-bond acceptors (Lipinski definition) is 3. The highest BCUT2D eigenvalue weighted by molar-refractivity contribution is 7.16. The van der Waals surface area contributed by atoms with E-state index in [0.717, 1.165) is 21.7 Å². The van der Waals surface area contributed by atoms with Gasteiger partial charge in [-0.3, -0.25) is 10.1 Å². The van der Waals surface area contributed by atoms with Crippen LogP contribution in [0, 0.1) is 13.8 Å². The highest BCUT2D eigenvalue weighted by Gasteiger charge is 2.14. The molecule has 0 aliphatic rings. The molecule has 1 aromatic heterocycles. The van der Waals surface area contributed by atoms with E-state index >= 15 is 0 Å². The minimum Gasteiger partial charge on any atom is -0.298 e. The number of hydrogen-bond donors (Lipinski definition) is 1. The smallest absolute Gasteiger partial charge is 0.257 e. The number of thiazole rings is 1. The normalized spacial score (nSPS) is 10.6. The number of aryl methyl sites for hydroxylation is 2. The first-order valence-corrected chi connectivity index (χ1v) is 8.34. The van der Waals surface area contributed by atoms with Gasteiger partial charge in [-0.25, -0.2) is 4.98 Å². The number of amides is 1. The van der Waals surface area contributed by atoms with Gasteiger partial charge in [-0.2, -0.15) is 0 Å². The first-order valence-electron chi connectivity index (χ1n) is 7.15. The second-order valence-electron chi connectivity index (χ2n) is 5.20. The lowest BCUT2D eigenvalue weighted by atomic mass is 10.1. The van der Waals surface area contributed by atoms with Crippen molar-refractivity contribution in [2.45, 2.75) is 13.8 Å². The molecule has 1 amide bonds. The predicted molar refractivity (Wildman–Crippen MR) is 96.4 cm³/mol. The topological polar surface area (TPSA) is 42.0 Å². The van der Waals surface area contributed by atoms with E-state index in [0.29, 0.717) is 15.7 Å². The number of halogens is 1. The molecule has 0 radical (unpaired) electrons. The maximum Gasteiger partial charge on any atom is 0.257 e. The van der Waals surface area contributed by atoms with Gasteiger partial charge in [0.1, 0.15) is 0 Å². The average Bonchev–Trinajstić information content (AvgIpc) is 2.89. The van der Waals surface area contributed by atoms with Gasteiger partial charge in [0.25, 0.3) is 5.91 Å². The van der Waals surface area contributed by atoms with Gasteiger partial charge < -0.3 is 0 Å². The van der Waals surface area contributed by atoms with Crippen molar-refractivity contribution in [2.75, 3.05) is 5.32 Å². The largest absolute Gasteiger partial charge is 0.298 e. The summed E-state index contributed by atoms with van der Waals surface area (Å²) in [5, 5.41) is 4.17. The van der Waals surface area contributed by atoms with E-state index in [-0.39, 0.29) is 5.91 Å². The summed E-state index contributed by atoms with van der Waals surface area (Å²) in [5.74, 6) is -0.139. The van der Waals surface area contributed by atoms with E-state index in [1.165, 1.54) is 11.3 Å². The lowest BCUT2D eigenvalue weighted by Crippen LogP contribution is -2.12. The maximum absolute atomic E-state index is 12.4. The van der Waals surface area contributed by atoms with E-state index in [1.54, 1.807) is 0 Å². The third kappa shape index (κ3) is 3.44. The van der Waals surface area contributed by atoms with Crippen LogP contribution in [0.2, 0.25) is 5.02 Å². The lowest BCUT2D eigenvalue weighted by Gasteiger charge is -2.04. The zero-order valence-electron chi connectivity index (χ0n) is 12.8. The SMILES string of the molecule is Cc1ccccc1C(=O)Nc1nc(-c2ccc(Cl)cc2)c(C)s1. The second-order valence-corrected chi connectivity index (χ2v) is 6.84. The Hall–Kier alpha value is -2.17. The fourth-order valence-corrected chi connectivity index (χ4v) is 3.27. The van der Waals surface area contributed by atoms with E-state index in [2.05, 4.69) is 10.3 Å². The average molecular weight is 343 g/mol. The Morgan fingerprint density at radius 2 is 1.78 bits per heavy atom. The molecule has 0 aliphatic heterocycles. The highest BCUT2D eigenvalue weighted by Crippen LogP contribution is 2.31. The van der Waals surface area contributed by atoms with Crippen LogP contribution < -0.4 is 5.32 Å². The van der Waals surface area contributed by atoms with Crippen molar-refractivity contribution in [2.24, 2.45) is 0 Å². The van der Waals surface area contributed by atoms with Crippen molar-refractivity contribution in [3.63, 3.8) is 0 Å². The summed E-state index contributed by atoms with van der Waals surface area (Å²) < 4.78 is 0. The van der Waals surface area contributed by atoms with Crippen molar-refractivity contribution >= 4 is 34.0 Å². The van der Waals surface area contributed by atoms with Crippen LogP contribution in [-0.4, -0.2) is 10.9 Å². The van der Waals surface area contributed by atoms with Gasteiger partial charge in [0.15, 0.2) is 5.13 Å². The number of benzene rings is 2. The van der Waals surface area contributed by atoms with Crippen LogP contribution in [0.15, 0.2) is 48.5 Å². The minimum atomic E-state index is -0.139. The summed E-state index contributed by atoms with van der Waals surface area (Å²) in [6.07, 6.45) is 0. The van der Waals surface area contributed by atoms with Crippen molar-refractivity contribution in [1.82, 2.24) is 4.98 Å². The molecule has 0 spiro atoms. The molecular formula is C18H15ClN2OS. The summed E-state index contributed by atoms with van der Waals surface area (Å²) >= 11 is 7.39. The first-order chi connectivity index (χ1) is 11.0. The summed E-state index contributed by atoms with van der Waals surface area (Å²) in [6, 6.07) is 15.0. The Morgan fingerprint density at radius 1 is 1.09 bits per heavy atom. The third-order valence-electron chi connectivity index (χ3n) is 3.52. The Morgan fingerprint density at radius 3 is 2.48 bits per heavy atom. The Balaban J connectivity index is 1.85. The van der Waals surface area contributed by atoms with Crippen LogP contribution in [0.1, 0.15) is 20.8 Å². The molecule has 5 heteroatoms. The molecule has 1 N–H and O–H groups in total. The summed E-state index contributed by atoms with van der Waals surface area (Å²) in [4.78, 5) is 18.0. The van der Waals surface area contributed by atoms with Gasteiger partial charge >= 0.3 is 0 Å². The molecule has 1 heterocycles. The third-order valence-corrected chi connectivity index (χ3v) is 4.66. The number of carbonyl (C=O) groups is 1. The number of carbonyl (C=O) groups excluding carboxylic acids is 1. The molecule has 0 unspecified atom stereocenters. The minimum absolute atomic E-state index is 0.139. The van der Waals surface area contributed by atoms with Gasteiger partial charge in [0.2, 0.25) is 0 Å². The fraction of sp³-hybridized carbons (Fsp3) is 0.111. The molecule has 0 atom stereocenters. The Bertz CT molecular complexity index is 856. The highest BCUT2D eigenvalue weighted by atomic mass is 35.5. The quantitative estimate of drug-likeness (QED) is 0.698. The predicted octanol–water partition coefficient (Wildman–Crippen LogP) is 5.33.